The summed E-state index contributed by atoms with van der Waals surface area (Å²) in [5.74, 6) is -0.0197. The summed E-state index contributed by atoms with van der Waals surface area (Å²) in [7, 11) is 0. The maximum atomic E-state index is 13.5. The normalized spacial score (nSPS) is 18.6. The summed E-state index contributed by atoms with van der Waals surface area (Å²) in [5, 5.41) is 13.3. The average molecular weight is 405 g/mol. The molecule has 9 heteroatoms. The third kappa shape index (κ3) is 3.81. The summed E-state index contributed by atoms with van der Waals surface area (Å²) in [6.45, 7) is 2.50. The van der Waals surface area contributed by atoms with Gasteiger partial charge in [-0.15, -0.1) is 0 Å². The Labute approximate surface area is 165 Å². The molecule has 2 aromatic heterocycles. The van der Waals surface area contributed by atoms with Gasteiger partial charge < -0.3 is 15.0 Å². The maximum absolute atomic E-state index is 13.5. The number of aromatic nitrogens is 4. The van der Waals surface area contributed by atoms with E-state index in [4.69, 9.17) is 0 Å². The van der Waals surface area contributed by atoms with Crippen LogP contribution in [0.5, 0.6) is 0 Å². The van der Waals surface area contributed by atoms with Crippen LogP contribution in [0.25, 0.3) is 11.2 Å². The minimum absolute atomic E-state index is 0.00348. The van der Waals surface area contributed by atoms with E-state index in [0.717, 1.165) is 24.2 Å². The first-order valence-corrected chi connectivity index (χ1v) is 10.3. The first-order chi connectivity index (χ1) is 13.6. The van der Waals surface area contributed by atoms with E-state index in [1.54, 1.807) is 28.7 Å². The van der Waals surface area contributed by atoms with Crippen LogP contribution in [0.4, 0.5) is 14.6 Å². The third-order valence-electron chi connectivity index (χ3n) is 4.70. The lowest BCUT2D eigenvalue weighted by Crippen LogP contribution is -2.09. The predicted molar refractivity (Wildman–Crippen MR) is 105 cm³/mol. The summed E-state index contributed by atoms with van der Waals surface area (Å²) in [6, 6.07) is 4.13. The van der Waals surface area contributed by atoms with Gasteiger partial charge in [0, 0.05) is 24.3 Å². The molecule has 0 spiro atoms. The molecule has 2 N–H and O–H groups in total. The molecule has 148 valence electrons. The topological polar surface area (TPSA) is 75.9 Å². The molecule has 1 aliphatic rings. The number of aliphatic hydroxyl groups is 1. The minimum Gasteiger partial charge on any atom is -0.395 e. The Hall–Kier alpha value is -2.26. The van der Waals surface area contributed by atoms with Crippen LogP contribution in [0, 0.1) is 11.6 Å². The highest BCUT2D eigenvalue weighted by Crippen LogP contribution is 2.43. The number of rotatable bonds is 8. The number of thioether (sulfide) groups is 1. The van der Waals surface area contributed by atoms with E-state index in [2.05, 4.69) is 27.2 Å². The van der Waals surface area contributed by atoms with Crippen molar-refractivity contribution in [3.8, 4) is 0 Å². The number of hydrogen-bond donors (Lipinski definition) is 2. The largest absolute Gasteiger partial charge is 0.395 e. The smallest absolute Gasteiger partial charge is 0.191 e. The molecule has 1 saturated carbocycles. The number of fused-ring (bicyclic) bond motifs is 1. The first kappa shape index (κ1) is 19.1. The van der Waals surface area contributed by atoms with Crippen LogP contribution in [0.1, 0.15) is 31.2 Å². The van der Waals surface area contributed by atoms with Gasteiger partial charge in [-0.2, -0.15) is 0 Å². The fraction of sp³-hybridized carbons (Fsp3) is 0.421. The Kier molecular flexibility index (Phi) is 5.45. The monoisotopic (exact) mass is 405 g/mol. The van der Waals surface area contributed by atoms with Crippen LogP contribution in [0.2, 0.25) is 0 Å². The van der Waals surface area contributed by atoms with Gasteiger partial charge in [0.15, 0.2) is 33.8 Å². The molecular formula is C19H21F2N5OS. The van der Waals surface area contributed by atoms with Crippen molar-refractivity contribution in [3.63, 3.8) is 0 Å². The first-order valence-electron chi connectivity index (χ1n) is 9.28. The third-order valence-corrected chi connectivity index (χ3v) is 5.76. The summed E-state index contributed by atoms with van der Waals surface area (Å²) < 4.78 is 28.5. The number of halogens is 2. The van der Waals surface area contributed by atoms with E-state index < -0.39 is 11.6 Å². The van der Waals surface area contributed by atoms with Crippen molar-refractivity contribution >= 4 is 28.7 Å². The minimum atomic E-state index is -0.835. The Morgan fingerprint density at radius 1 is 1.29 bits per heavy atom. The molecule has 2 unspecified atom stereocenters. The van der Waals surface area contributed by atoms with Gasteiger partial charge >= 0.3 is 0 Å². The van der Waals surface area contributed by atoms with Gasteiger partial charge in [-0.1, -0.05) is 24.8 Å². The fourth-order valence-corrected chi connectivity index (χ4v) is 3.89. The zero-order valence-electron chi connectivity index (χ0n) is 15.4. The predicted octanol–water partition coefficient (Wildman–Crippen LogP) is 3.57. The summed E-state index contributed by atoms with van der Waals surface area (Å²) >= 11 is 1.57. The molecule has 6 nitrogen and oxygen atoms in total. The van der Waals surface area contributed by atoms with Gasteiger partial charge in [-0.25, -0.2) is 23.7 Å². The molecule has 28 heavy (non-hydrogen) atoms. The van der Waals surface area contributed by atoms with Crippen molar-refractivity contribution in [2.75, 3.05) is 17.7 Å². The fourth-order valence-electron chi connectivity index (χ4n) is 3.20. The van der Waals surface area contributed by atoms with Crippen molar-refractivity contribution in [2.24, 2.45) is 0 Å². The van der Waals surface area contributed by atoms with E-state index in [1.807, 2.05) is 0 Å². The number of hydrogen-bond acceptors (Lipinski definition) is 6. The highest BCUT2D eigenvalue weighted by atomic mass is 32.2. The highest BCUT2D eigenvalue weighted by Gasteiger charge is 2.39. The van der Waals surface area contributed by atoms with Crippen molar-refractivity contribution < 1.29 is 13.9 Å². The van der Waals surface area contributed by atoms with Crippen molar-refractivity contribution in [1.82, 2.24) is 19.5 Å². The number of nitrogens with one attached hydrogen (secondary N) is 1. The van der Waals surface area contributed by atoms with Crippen LogP contribution in [0.15, 0.2) is 29.7 Å². The summed E-state index contributed by atoms with van der Waals surface area (Å²) in [6.07, 6.45) is 3.46. The van der Waals surface area contributed by atoms with Crippen LogP contribution in [-0.4, -0.2) is 43.0 Å². The van der Waals surface area contributed by atoms with Crippen molar-refractivity contribution in [1.29, 1.82) is 0 Å². The molecule has 0 radical (unpaired) electrons. The number of anilines is 1. The lowest BCUT2D eigenvalue weighted by molar-refractivity contribution is 0.277. The second-order valence-corrected chi connectivity index (χ2v) is 7.87. The molecule has 1 aromatic carbocycles. The van der Waals surface area contributed by atoms with Crippen LogP contribution in [-0.2, 0) is 6.54 Å². The molecule has 4 rings (SSSR count). The lowest BCUT2D eigenvalue weighted by Gasteiger charge is -2.09. The standard InChI is InChI=1S/C19H21F2N5OS/c1-2-7-28-19-24-17(16-18(25-19)26(5-6-27)10-22-16)23-15-9-12(15)11-3-4-13(20)14(21)8-11/h3-4,8,10,12,15,27H,2,5-7,9H2,1H3,(H,23,24,25). The molecule has 2 heterocycles. The molecule has 0 saturated heterocycles. The molecular weight excluding hydrogens is 384 g/mol. The van der Waals surface area contributed by atoms with Gasteiger partial charge in [0.1, 0.15) is 0 Å². The molecule has 0 bridgehead atoms. The molecule has 1 aliphatic carbocycles. The van der Waals surface area contributed by atoms with E-state index in [-0.39, 0.29) is 18.6 Å². The molecule has 2 atom stereocenters. The Morgan fingerprint density at radius 2 is 2.14 bits per heavy atom. The van der Waals surface area contributed by atoms with E-state index in [0.29, 0.717) is 28.7 Å². The SMILES string of the molecule is CCCSc1nc(NC2CC2c2ccc(F)c(F)c2)c2ncn(CCO)c2n1. The summed E-state index contributed by atoms with van der Waals surface area (Å²) in [5.41, 5.74) is 2.09. The van der Waals surface area contributed by atoms with Gasteiger partial charge in [0.25, 0.3) is 0 Å². The maximum Gasteiger partial charge on any atom is 0.191 e. The molecule has 3 aromatic rings. The summed E-state index contributed by atoms with van der Waals surface area (Å²) in [4.78, 5) is 13.6. The zero-order chi connectivity index (χ0) is 19.7. The number of benzene rings is 1. The van der Waals surface area contributed by atoms with Gasteiger partial charge in [-0.3, -0.25) is 0 Å². The van der Waals surface area contributed by atoms with Crippen molar-refractivity contribution in [3.05, 3.63) is 41.7 Å². The van der Waals surface area contributed by atoms with Crippen LogP contribution in [0.3, 0.4) is 0 Å². The molecule has 0 amide bonds. The van der Waals surface area contributed by atoms with Crippen LogP contribution >= 0.6 is 11.8 Å². The number of imidazole rings is 1. The highest BCUT2D eigenvalue weighted by molar-refractivity contribution is 7.99. The van der Waals surface area contributed by atoms with Crippen LogP contribution < -0.4 is 5.32 Å². The van der Waals surface area contributed by atoms with E-state index >= 15 is 0 Å². The van der Waals surface area contributed by atoms with Gasteiger partial charge in [0.2, 0.25) is 0 Å². The number of aliphatic hydroxyl groups excluding tert-OH is 1. The number of nitrogens with zero attached hydrogens (tertiary/aromatic N) is 4. The quantitative estimate of drug-likeness (QED) is 0.441. The Bertz CT molecular complexity index is 996. The Morgan fingerprint density at radius 3 is 2.89 bits per heavy atom. The zero-order valence-corrected chi connectivity index (χ0v) is 16.2. The van der Waals surface area contributed by atoms with Gasteiger partial charge in [-0.05, 0) is 30.5 Å². The second kappa shape index (κ2) is 8.00. The average Bonchev–Trinajstić information content (AvgIpc) is 3.33. The molecule has 0 aliphatic heterocycles. The Balaban J connectivity index is 1.59. The van der Waals surface area contributed by atoms with Gasteiger partial charge in [0.05, 0.1) is 12.9 Å². The van der Waals surface area contributed by atoms with Crippen molar-refractivity contribution in [2.45, 2.75) is 43.4 Å². The second-order valence-electron chi connectivity index (χ2n) is 6.80. The molecule has 1 fully saturated rings. The van der Waals surface area contributed by atoms with E-state index in [9.17, 15) is 13.9 Å². The lowest BCUT2D eigenvalue weighted by atomic mass is 10.1. The van der Waals surface area contributed by atoms with E-state index in [1.165, 1.54) is 12.1 Å².